The highest BCUT2D eigenvalue weighted by Crippen LogP contribution is 2.38. The Labute approximate surface area is 141 Å². The Kier molecular flexibility index (Phi) is 4.26. The van der Waals surface area contributed by atoms with E-state index >= 15 is 0 Å². The van der Waals surface area contributed by atoms with Crippen LogP contribution in [0.3, 0.4) is 0 Å². The first-order chi connectivity index (χ1) is 10.5. The number of benzene rings is 1. The van der Waals surface area contributed by atoms with Gasteiger partial charge in [-0.25, -0.2) is 4.98 Å². The van der Waals surface area contributed by atoms with Crippen LogP contribution >= 0.6 is 27.5 Å². The van der Waals surface area contributed by atoms with Gasteiger partial charge in [0, 0.05) is 10.5 Å². The topological polar surface area (TPSA) is 82.3 Å². The zero-order valence-electron chi connectivity index (χ0n) is 11.8. The van der Waals surface area contributed by atoms with Gasteiger partial charge in [0.15, 0.2) is 11.5 Å². The number of anilines is 2. The number of nitrogen functional groups attached to an aromatic ring is 1. The van der Waals surface area contributed by atoms with Crippen molar-refractivity contribution in [3.05, 3.63) is 33.4 Å². The van der Waals surface area contributed by atoms with Crippen LogP contribution in [-0.4, -0.2) is 23.2 Å². The minimum Gasteiger partial charge on any atom is -0.486 e. The summed E-state index contributed by atoms with van der Waals surface area (Å²) < 4.78 is 12.1. The lowest BCUT2D eigenvalue weighted by molar-refractivity contribution is 0.171. The summed E-state index contributed by atoms with van der Waals surface area (Å²) in [6, 6.07) is 5.43. The normalized spacial score (nSPS) is 14.5. The van der Waals surface area contributed by atoms with Gasteiger partial charge in [0.1, 0.15) is 24.2 Å². The molecule has 0 saturated carbocycles. The summed E-state index contributed by atoms with van der Waals surface area (Å²) in [7, 11) is 0. The van der Waals surface area contributed by atoms with Crippen molar-refractivity contribution in [2.24, 2.45) is 0 Å². The third-order valence-electron chi connectivity index (χ3n) is 3.20. The molecule has 116 valence electrons. The van der Waals surface area contributed by atoms with Gasteiger partial charge in [-0.15, -0.1) is 0 Å². The first-order valence-corrected chi connectivity index (χ1v) is 7.85. The minimum atomic E-state index is -0.0458. The number of hydrogen-bond acceptors (Lipinski definition) is 6. The van der Waals surface area contributed by atoms with E-state index in [1.54, 1.807) is 6.07 Å². The summed E-state index contributed by atoms with van der Waals surface area (Å²) in [5.74, 6) is 2.16. The van der Waals surface area contributed by atoms with Gasteiger partial charge in [0.05, 0.1) is 6.04 Å². The van der Waals surface area contributed by atoms with Gasteiger partial charge in [-0.05, 0) is 24.6 Å². The van der Waals surface area contributed by atoms with Gasteiger partial charge in [-0.3, -0.25) is 0 Å². The summed E-state index contributed by atoms with van der Waals surface area (Å²) in [4.78, 5) is 7.95. The summed E-state index contributed by atoms with van der Waals surface area (Å²) >= 11 is 9.45. The molecule has 0 radical (unpaired) electrons. The monoisotopic (exact) mass is 384 g/mol. The molecule has 1 aromatic heterocycles. The highest BCUT2D eigenvalue weighted by Gasteiger charge is 2.18. The molecule has 1 unspecified atom stereocenters. The smallest absolute Gasteiger partial charge is 0.223 e. The van der Waals surface area contributed by atoms with Crippen molar-refractivity contribution in [2.45, 2.75) is 13.0 Å². The fourth-order valence-electron chi connectivity index (χ4n) is 2.22. The van der Waals surface area contributed by atoms with E-state index in [0.717, 1.165) is 21.5 Å². The largest absolute Gasteiger partial charge is 0.486 e. The van der Waals surface area contributed by atoms with E-state index in [2.05, 4.69) is 31.2 Å². The Morgan fingerprint density at radius 3 is 2.59 bits per heavy atom. The fraction of sp³-hybridized carbons (Fsp3) is 0.286. The van der Waals surface area contributed by atoms with Crippen molar-refractivity contribution in [3.8, 4) is 11.5 Å². The molecule has 3 N–H and O–H groups in total. The molecule has 2 heterocycles. The Morgan fingerprint density at radius 1 is 1.23 bits per heavy atom. The van der Waals surface area contributed by atoms with Crippen LogP contribution in [0.1, 0.15) is 18.5 Å². The molecule has 3 rings (SSSR count). The number of hydrogen-bond donors (Lipinski definition) is 2. The van der Waals surface area contributed by atoms with Crippen molar-refractivity contribution in [1.29, 1.82) is 0 Å². The van der Waals surface area contributed by atoms with Gasteiger partial charge < -0.3 is 20.5 Å². The Morgan fingerprint density at radius 2 is 1.91 bits per heavy atom. The average Bonchev–Trinajstić information content (AvgIpc) is 2.45. The van der Waals surface area contributed by atoms with Gasteiger partial charge in [-0.1, -0.05) is 27.5 Å². The van der Waals surface area contributed by atoms with E-state index in [-0.39, 0.29) is 12.0 Å². The van der Waals surface area contributed by atoms with Crippen LogP contribution in [0.2, 0.25) is 5.15 Å². The molecule has 0 aliphatic carbocycles. The number of nitrogens with one attached hydrogen (secondary N) is 1. The summed E-state index contributed by atoms with van der Waals surface area (Å²) in [6.07, 6.45) is 0. The molecule has 0 saturated heterocycles. The SMILES string of the molecule is CC(Nc1cc(Cl)nc(N)n1)c1cc2c(cc1Br)OCCO2. The average molecular weight is 386 g/mol. The third kappa shape index (κ3) is 3.20. The Hall–Kier alpha value is -1.73. The molecule has 22 heavy (non-hydrogen) atoms. The van der Waals surface area contributed by atoms with Crippen molar-refractivity contribution >= 4 is 39.3 Å². The van der Waals surface area contributed by atoms with E-state index < -0.39 is 0 Å². The van der Waals surface area contributed by atoms with Crippen LogP contribution < -0.4 is 20.5 Å². The molecule has 6 nitrogen and oxygen atoms in total. The van der Waals surface area contributed by atoms with Crippen molar-refractivity contribution in [1.82, 2.24) is 9.97 Å². The molecule has 1 atom stereocenters. The lowest BCUT2D eigenvalue weighted by Gasteiger charge is -2.22. The summed E-state index contributed by atoms with van der Waals surface area (Å²) in [5.41, 5.74) is 6.61. The standard InChI is InChI=1S/C14H14BrClN4O2/c1-7(18-13-6-12(16)19-14(17)20-13)8-4-10-11(5-9(8)15)22-3-2-21-10/h4-7H,2-3H2,1H3,(H3,17,18,19,20). The van der Waals surface area contributed by atoms with E-state index in [0.29, 0.717) is 24.2 Å². The molecule has 8 heteroatoms. The van der Waals surface area contributed by atoms with Gasteiger partial charge in [0.2, 0.25) is 5.95 Å². The lowest BCUT2D eigenvalue weighted by atomic mass is 10.1. The number of aromatic nitrogens is 2. The molecule has 1 aliphatic heterocycles. The lowest BCUT2D eigenvalue weighted by Crippen LogP contribution is -2.16. The second-order valence-corrected chi connectivity index (χ2v) is 6.06. The first kappa shape index (κ1) is 15.2. The number of rotatable bonds is 3. The van der Waals surface area contributed by atoms with E-state index in [1.165, 1.54) is 0 Å². The predicted molar refractivity (Wildman–Crippen MR) is 88.6 cm³/mol. The number of ether oxygens (including phenoxy) is 2. The summed E-state index contributed by atoms with van der Waals surface area (Å²) in [5, 5.41) is 3.54. The molecule has 2 aromatic rings. The quantitative estimate of drug-likeness (QED) is 0.788. The zero-order chi connectivity index (χ0) is 15.7. The van der Waals surface area contributed by atoms with E-state index in [1.807, 2.05) is 19.1 Å². The predicted octanol–water partition coefficient (Wildman–Crippen LogP) is 3.42. The molecular weight excluding hydrogens is 372 g/mol. The second kappa shape index (κ2) is 6.18. The highest BCUT2D eigenvalue weighted by atomic mass is 79.9. The molecule has 1 aromatic carbocycles. The minimum absolute atomic E-state index is 0.0458. The van der Waals surface area contributed by atoms with Crippen LogP contribution in [0.4, 0.5) is 11.8 Å². The van der Waals surface area contributed by atoms with Crippen LogP contribution in [0.15, 0.2) is 22.7 Å². The van der Waals surface area contributed by atoms with Crippen LogP contribution in [-0.2, 0) is 0 Å². The number of nitrogens with two attached hydrogens (primary N) is 1. The molecular formula is C14H14BrClN4O2. The molecule has 1 aliphatic rings. The van der Waals surface area contributed by atoms with Crippen LogP contribution in [0.25, 0.3) is 0 Å². The fourth-order valence-corrected chi connectivity index (χ4v) is 3.08. The first-order valence-electron chi connectivity index (χ1n) is 6.68. The van der Waals surface area contributed by atoms with Crippen molar-refractivity contribution < 1.29 is 9.47 Å². The van der Waals surface area contributed by atoms with Crippen molar-refractivity contribution in [3.63, 3.8) is 0 Å². The third-order valence-corrected chi connectivity index (χ3v) is 4.08. The zero-order valence-corrected chi connectivity index (χ0v) is 14.1. The highest BCUT2D eigenvalue weighted by molar-refractivity contribution is 9.10. The molecule has 0 fully saturated rings. The number of fused-ring (bicyclic) bond motifs is 1. The Bertz CT molecular complexity index is 693. The van der Waals surface area contributed by atoms with Gasteiger partial charge in [-0.2, -0.15) is 4.98 Å². The summed E-state index contributed by atoms with van der Waals surface area (Å²) in [6.45, 7) is 3.11. The van der Waals surface area contributed by atoms with E-state index in [9.17, 15) is 0 Å². The van der Waals surface area contributed by atoms with Gasteiger partial charge >= 0.3 is 0 Å². The number of halogens is 2. The Balaban J connectivity index is 1.86. The van der Waals surface area contributed by atoms with E-state index in [4.69, 9.17) is 26.8 Å². The van der Waals surface area contributed by atoms with Crippen molar-refractivity contribution in [2.75, 3.05) is 24.3 Å². The molecule has 0 spiro atoms. The number of nitrogens with zero attached hydrogens (tertiary/aromatic N) is 2. The van der Waals surface area contributed by atoms with Crippen LogP contribution in [0.5, 0.6) is 11.5 Å². The molecule has 0 bridgehead atoms. The molecule has 0 amide bonds. The van der Waals surface area contributed by atoms with Gasteiger partial charge in [0.25, 0.3) is 0 Å². The second-order valence-electron chi connectivity index (χ2n) is 4.82. The maximum absolute atomic E-state index is 5.89. The van der Waals surface area contributed by atoms with Crippen LogP contribution in [0, 0.1) is 0 Å². The maximum atomic E-state index is 5.89. The maximum Gasteiger partial charge on any atom is 0.223 e.